The Balaban J connectivity index is 1.63. The molecule has 144 valence electrons. The van der Waals surface area contributed by atoms with Crippen LogP contribution in [0.1, 0.15) is 5.69 Å². The summed E-state index contributed by atoms with van der Waals surface area (Å²) >= 11 is 0. The third kappa shape index (κ3) is 2.76. The number of hydrogen-bond acceptors (Lipinski definition) is 4. The van der Waals surface area contributed by atoms with E-state index in [1.54, 1.807) is 12.3 Å². The summed E-state index contributed by atoms with van der Waals surface area (Å²) in [4.78, 5) is 8.98. The fourth-order valence-electron chi connectivity index (χ4n) is 4.20. The number of para-hydroxylation sites is 1. The van der Waals surface area contributed by atoms with Crippen molar-refractivity contribution in [3.63, 3.8) is 0 Å². The van der Waals surface area contributed by atoms with Gasteiger partial charge in [-0.2, -0.15) is 5.26 Å². The van der Waals surface area contributed by atoms with Crippen LogP contribution in [-0.4, -0.2) is 9.97 Å². The van der Waals surface area contributed by atoms with Gasteiger partial charge in [-0.05, 0) is 47.2 Å². The lowest BCUT2D eigenvalue weighted by atomic mass is 9.97. The summed E-state index contributed by atoms with van der Waals surface area (Å²) < 4.78 is 6.20. The Kier molecular flexibility index (Phi) is 3.81. The van der Waals surface area contributed by atoms with E-state index in [1.807, 2.05) is 48.5 Å². The minimum atomic E-state index is 0.374. The molecule has 0 atom stereocenters. The molecule has 0 fully saturated rings. The standard InChI is InChI=1S/C27H15N3O/c28-16-18-14-17(12-13-29-18)23-9-5-10-24(30-23)22-15-26-27(20-7-2-1-6-19(20)22)21-8-3-4-11-25(21)31-26/h1-15H. The number of aromatic nitrogens is 2. The molecule has 6 aromatic rings. The SMILES string of the molecule is N#Cc1cc(-c2cccc(-c3cc4oc5ccccc5c4c4ccccc34)n2)ccn1. The number of pyridine rings is 2. The second-order valence-electron chi connectivity index (χ2n) is 7.39. The first-order valence-corrected chi connectivity index (χ1v) is 9.99. The van der Waals surface area contributed by atoms with Gasteiger partial charge in [0.15, 0.2) is 0 Å². The van der Waals surface area contributed by atoms with Crippen LogP contribution in [-0.2, 0) is 0 Å². The first-order valence-electron chi connectivity index (χ1n) is 9.99. The van der Waals surface area contributed by atoms with Crippen LogP contribution >= 0.6 is 0 Å². The molecule has 0 radical (unpaired) electrons. The highest BCUT2D eigenvalue weighted by Crippen LogP contribution is 2.39. The van der Waals surface area contributed by atoms with Crippen molar-refractivity contribution >= 4 is 32.7 Å². The number of nitrogens with zero attached hydrogens (tertiary/aromatic N) is 3. The first-order chi connectivity index (χ1) is 15.3. The molecule has 3 aromatic carbocycles. The Morgan fingerprint density at radius 3 is 2.35 bits per heavy atom. The van der Waals surface area contributed by atoms with Crippen molar-refractivity contribution in [3.8, 4) is 28.6 Å². The number of fused-ring (bicyclic) bond motifs is 5. The Morgan fingerprint density at radius 1 is 0.710 bits per heavy atom. The molecule has 0 bridgehead atoms. The van der Waals surface area contributed by atoms with Gasteiger partial charge in [0.05, 0.1) is 11.4 Å². The molecule has 0 saturated carbocycles. The average molecular weight is 397 g/mol. The fraction of sp³-hybridized carbons (Fsp3) is 0. The fourth-order valence-corrected chi connectivity index (χ4v) is 4.20. The number of rotatable bonds is 2. The lowest BCUT2D eigenvalue weighted by Crippen LogP contribution is -1.91. The lowest BCUT2D eigenvalue weighted by molar-refractivity contribution is 0.669. The maximum atomic E-state index is 9.18. The van der Waals surface area contributed by atoms with Gasteiger partial charge in [-0.1, -0.05) is 48.5 Å². The van der Waals surface area contributed by atoms with Gasteiger partial charge in [-0.15, -0.1) is 0 Å². The predicted molar refractivity (Wildman–Crippen MR) is 122 cm³/mol. The van der Waals surface area contributed by atoms with E-state index >= 15 is 0 Å². The van der Waals surface area contributed by atoms with Gasteiger partial charge in [-0.25, -0.2) is 9.97 Å². The van der Waals surface area contributed by atoms with E-state index in [-0.39, 0.29) is 0 Å². The molecule has 4 heteroatoms. The normalized spacial score (nSPS) is 11.2. The van der Waals surface area contributed by atoms with Gasteiger partial charge in [-0.3, -0.25) is 0 Å². The van der Waals surface area contributed by atoms with E-state index in [0.29, 0.717) is 5.69 Å². The highest BCUT2D eigenvalue weighted by Gasteiger charge is 2.15. The lowest BCUT2D eigenvalue weighted by Gasteiger charge is -2.09. The van der Waals surface area contributed by atoms with E-state index in [0.717, 1.165) is 55.2 Å². The third-order valence-corrected chi connectivity index (χ3v) is 5.58. The van der Waals surface area contributed by atoms with E-state index < -0.39 is 0 Å². The smallest absolute Gasteiger partial charge is 0.141 e. The van der Waals surface area contributed by atoms with E-state index in [9.17, 15) is 5.26 Å². The van der Waals surface area contributed by atoms with Gasteiger partial charge in [0.2, 0.25) is 0 Å². The molecule has 0 spiro atoms. The van der Waals surface area contributed by atoms with E-state index in [1.165, 1.54) is 0 Å². The van der Waals surface area contributed by atoms with Crippen LogP contribution in [0.25, 0.3) is 55.2 Å². The number of furan rings is 1. The zero-order valence-corrected chi connectivity index (χ0v) is 16.4. The molecule has 0 N–H and O–H groups in total. The van der Waals surface area contributed by atoms with Gasteiger partial charge < -0.3 is 4.42 Å². The summed E-state index contributed by atoms with van der Waals surface area (Å²) in [6.07, 6.45) is 1.64. The highest BCUT2D eigenvalue weighted by molar-refractivity contribution is 6.21. The van der Waals surface area contributed by atoms with Crippen LogP contribution in [0.4, 0.5) is 0 Å². The molecule has 6 rings (SSSR count). The molecule has 0 saturated heterocycles. The van der Waals surface area contributed by atoms with Crippen molar-refractivity contribution in [3.05, 3.63) is 96.8 Å². The minimum Gasteiger partial charge on any atom is -0.456 e. The third-order valence-electron chi connectivity index (χ3n) is 5.58. The molecule has 0 unspecified atom stereocenters. The van der Waals surface area contributed by atoms with Crippen molar-refractivity contribution in [2.24, 2.45) is 0 Å². The van der Waals surface area contributed by atoms with Gasteiger partial charge in [0.25, 0.3) is 0 Å². The van der Waals surface area contributed by atoms with Crippen LogP contribution in [0.5, 0.6) is 0 Å². The minimum absolute atomic E-state index is 0.374. The largest absolute Gasteiger partial charge is 0.456 e. The zero-order valence-electron chi connectivity index (χ0n) is 16.4. The predicted octanol–water partition coefficient (Wildman–Crippen LogP) is 6.73. The van der Waals surface area contributed by atoms with Crippen molar-refractivity contribution in [1.29, 1.82) is 5.26 Å². The molecule has 0 amide bonds. The first kappa shape index (κ1) is 17.4. The van der Waals surface area contributed by atoms with Crippen molar-refractivity contribution in [2.75, 3.05) is 0 Å². The Bertz CT molecular complexity index is 1660. The Hall–Kier alpha value is -4.49. The summed E-state index contributed by atoms with van der Waals surface area (Å²) in [6, 6.07) is 30.2. The van der Waals surface area contributed by atoms with Crippen LogP contribution in [0.15, 0.2) is 95.5 Å². The second-order valence-corrected chi connectivity index (χ2v) is 7.39. The number of nitriles is 1. The summed E-state index contributed by atoms with van der Waals surface area (Å²) in [5.74, 6) is 0. The van der Waals surface area contributed by atoms with Gasteiger partial charge in [0.1, 0.15) is 22.9 Å². The van der Waals surface area contributed by atoms with Crippen LogP contribution in [0.3, 0.4) is 0 Å². The van der Waals surface area contributed by atoms with E-state index in [2.05, 4.69) is 41.4 Å². The molecule has 3 heterocycles. The van der Waals surface area contributed by atoms with Crippen molar-refractivity contribution < 1.29 is 4.42 Å². The summed E-state index contributed by atoms with van der Waals surface area (Å²) in [5, 5.41) is 13.7. The molecule has 0 aliphatic heterocycles. The van der Waals surface area contributed by atoms with Gasteiger partial charge in [0, 0.05) is 28.1 Å². The maximum absolute atomic E-state index is 9.18. The summed E-state index contributed by atoms with van der Waals surface area (Å²) in [6.45, 7) is 0. The number of hydrogen-bond donors (Lipinski definition) is 0. The van der Waals surface area contributed by atoms with E-state index in [4.69, 9.17) is 9.40 Å². The van der Waals surface area contributed by atoms with Gasteiger partial charge >= 0.3 is 0 Å². The molecular weight excluding hydrogens is 382 g/mol. The maximum Gasteiger partial charge on any atom is 0.141 e. The Morgan fingerprint density at radius 2 is 1.48 bits per heavy atom. The monoisotopic (exact) mass is 397 g/mol. The van der Waals surface area contributed by atoms with Crippen LogP contribution in [0.2, 0.25) is 0 Å². The quantitative estimate of drug-likeness (QED) is 0.325. The van der Waals surface area contributed by atoms with Crippen molar-refractivity contribution in [2.45, 2.75) is 0 Å². The molecule has 3 aromatic heterocycles. The molecule has 0 aliphatic rings. The molecule has 0 aliphatic carbocycles. The van der Waals surface area contributed by atoms with Crippen molar-refractivity contribution in [1.82, 2.24) is 9.97 Å². The second kappa shape index (κ2) is 6.79. The zero-order chi connectivity index (χ0) is 20.8. The highest BCUT2D eigenvalue weighted by atomic mass is 16.3. The Labute approximate surface area is 178 Å². The van der Waals surface area contributed by atoms with Crippen LogP contribution < -0.4 is 0 Å². The summed E-state index contributed by atoms with van der Waals surface area (Å²) in [7, 11) is 0. The van der Waals surface area contributed by atoms with Crippen LogP contribution in [0, 0.1) is 11.3 Å². The molecular formula is C27H15N3O. The average Bonchev–Trinajstić information content (AvgIpc) is 3.22. The molecule has 4 nitrogen and oxygen atoms in total. The molecule has 31 heavy (non-hydrogen) atoms. The number of benzene rings is 3. The topological polar surface area (TPSA) is 62.7 Å². The summed E-state index contributed by atoms with van der Waals surface area (Å²) in [5.41, 5.74) is 5.62.